The summed E-state index contributed by atoms with van der Waals surface area (Å²) in [6.45, 7) is 15.2. The Morgan fingerprint density at radius 3 is 2.12 bits per heavy atom. The molecule has 1 unspecified atom stereocenters. The standard InChI is InChI=1S/C23H32NOP/c1-15-9-10-19(16(11-15)14-24-8)26-20-13-17(22(2,3)4)12-18(21(20)25)23(5,6)7/h9-14,25-26H,1-8H3/b24-14+. The van der Waals surface area contributed by atoms with Gasteiger partial charge in [0, 0.05) is 29.7 Å². The summed E-state index contributed by atoms with van der Waals surface area (Å²) in [5.41, 5.74) is 4.56. The molecule has 0 saturated carbocycles. The molecule has 2 rings (SSSR count). The van der Waals surface area contributed by atoms with Gasteiger partial charge in [-0.2, -0.15) is 0 Å². The topological polar surface area (TPSA) is 32.6 Å². The highest BCUT2D eigenvalue weighted by molar-refractivity contribution is 7.56. The molecule has 0 aliphatic carbocycles. The van der Waals surface area contributed by atoms with Gasteiger partial charge in [-0.1, -0.05) is 73.9 Å². The number of aryl methyl sites for hydroxylation is 1. The number of rotatable bonds is 3. The molecule has 0 saturated heterocycles. The summed E-state index contributed by atoms with van der Waals surface area (Å²) in [4.78, 5) is 4.20. The smallest absolute Gasteiger partial charge is 0.127 e. The van der Waals surface area contributed by atoms with E-state index >= 15 is 0 Å². The van der Waals surface area contributed by atoms with Crippen LogP contribution in [0.25, 0.3) is 0 Å². The van der Waals surface area contributed by atoms with Crippen LogP contribution in [0.3, 0.4) is 0 Å². The van der Waals surface area contributed by atoms with Crippen LogP contribution in [0.5, 0.6) is 5.75 Å². The van der Waals surface area contributed by atoms with E-state index in [1.54, 1.807) is 7.05 Å². The van der Waals surface area contributed by atoms with Gasteiger partial charge in [0.05, 0.1) is 0 Å². The molecule has 0 amide bonds. The van der Waals surface area contributed by atoms with Gasteiger partial charge in [-0.25, -0.2) is 0 Å². The third kappa shape index (κ3) is 4.74. The zero-order valence-electron chi connectivity index (χ0n) is 17.4. The predicted octanol–water partition coefficient (Wildman–Crippen LogP) is 4.97. The lowest BCUT2D eigenvalue weighted by Crippen LogP contribution is -2.21. The van der Waals surface area contributed by atoms with E-state index in [0.29, 0.717) is 14.3 Å². The van der Waals surface area contributed by atoms with Gasteiger partial charge in [-0.15, -0.1) is 0 Å². The number of aliphatic imine (C=N–C) groups is 1. The Bertz CT molecular complexity index is 823. The van der Waals surface area contributed by atoms with Crippen molar-refractivity contribution in [2.75, 3.05) is 7.05 Å². The second kappa shape index (κ2) is 7.53. The number of phenolic OH excluding ortho intramolecular Hbond substituents is 1. The van der Waals surface area contributed by atoms with Crippen molar-refractivity contribution in [2.24, 2.45) is 4.99 Å². The Morgan fingerprint density at radius 2 is 1.58 bits per heavy atom. The second-order valence-electron chi connectivity index (χ2n) is 9.02. The molecular formula is C23H32NOP. The van der Waals surface area contributed by atoms with E-state index in [1.807, 2.05) is 6.21 Å². The average molecular weight is 369 g/mol. The zero-order chi connectivity index (χ0) is 19.7. The first-order valence-corrected chi connectivity index (χ1v) is 10.1. The van der Waals surface area contributed by atoms with Gasteiger partial charge >= 0.3 is 0 Å². The first-order chi connectivity index (χ1) is 11.9. The molecule has 2 aromatic rings. The van der Waals surface area contributed by atoms with Gasteiger partial charge < -0.3 is 5.11 Å². The maximum Gasteiger partial charge on any atom is 0.127 e. The summed E-state index contributed by atoms with van der Waals surface area (Å²) in [7, 11) is 2.19. The number of benzene rings is 2. The van der Waals surface area contributed by atoms with E-state index < -0.39 is 0 Å². The fraction of sp³-hybridized carbons (Fsp3) is 0.435. The molecular weight excluding hydrogens is 337 g/mol. The molecule has 2 nitrogen and oxygen atoms in total. The number of nitrogens with zero attached hydrogens (tertiary/aromatic N) is 1. The zero-order valence-corrected chi connectivity index (χ0v) is 18.4. The summed E-state index contributed by atoms with van der Waals surface area (Å²) in [6, 6.07) is 10.8. The Morgan fingerprint density at radius 1 is 0.923 bits per heavy atom. The van der Waals surface area contributed by atoms with Crippen molar-refractivity contribution >= 4 is 25.4 Å². The molecule has 3 heteroatoms. The van der Waals surface area contributed by atoms with Gasteiger partial charge in [0.2, 0.25) is 0 Å². The van der Waals surface area contributed by atoms with Crippen molar-refractivity contribution in [1.82, 2.24) is 0 Å². The largest absolute Gasteiger partial charge is 0.507 e. The summed E-state index contributed by atoms with van der Waals surface area (Å²) >= 11 is 0. The van der Waals surface area contributed by atoms with Crippen molar-refractivity contribution in [3.63, 3.8) is 0 Å². The van der Waals surface area contributed by atoms with E-state index in [1.165, 1.54) is 16.4 Å². The quantitative estimate of drug-likeness (QED) is 0.601. The third-order valence-corrected chi connectivity index (χ3v) is 5.90. The van der Waals surface area contributed by atoms with E-state index in [4.69, 9.17) is 0 Å². The minimum absolute atomic E-state index is 0.0356. The molecule has 2 aromatic carbocycles. The molecule has 1 N–H and O–H groups in total. The molecule has 0 aliphatic heterocycles. The lowest BCUT2D eigenvalue weighted by molar-refractivity contribution is 0.449. The lowest BCUT2D eigenvalue weighted by atomic mass is 9.80. The maximum atomic E-state index is 11.0. The number of hydrogen-bond acceptors (Lipinski definition) is 2. The first kappa shape index (κ1) is 20.6. The molecule has 0 radical (unpaired) electrons. The highest BCUT2D eigenvalue weighted by atomic mass is 31.1. The van der Waals surface area contributed by atoms with Crippen LogP contribution in [0.2, 0.25) is 0 Å². The minimum Gasteiger partial charge on any atom is -0.507 e. The van der Waals surface area contributed by atoms with Crippen molar-refractivity contribution in [3.8, 4) is 5.75 Å². The van der Waals surface area contributed by atoms with E-state index in [2.05, 4.69) is 83.8 Å². The van der Waals surface area contributed by atoms with Crippen LogP contribution in [-0.4, -0.2) is 18.4 Å². The molecule has 0 spiro atoms. The van der Waals surface area contributed by atoms with Crippen LogP contribution in [0.15, 0.2) is 35.3 Å². The number of phenols is 1. The van der Waals surface area contributed by atoms with Crippen molar-refractivity contribution in [1.29, 1.82) is 0 Å². The van der Waals surface area contributed by atoms with Gasteiger partial charge in [0.1, 0.15) is 5.75 Å². The highest BCUT2D eigenvalue weighted by Crippen LogP contribution is 2.36. The van der Waals surface area contributed by atoms with Crippen LogP contribution in [0.4, 0.5) is 0 Å². The van der Waals surface area contributed by atoms with Crippen molar-refractivity contribution < 1.29 is 5.11 Å². The molecule has 1 atom stereocenters. The summed E-state index contributed by atoms with van der Waals surface area (Å²) in [6.07, 6.45) is 1.91. The summed E-state index contributed by atoms with van der Waals surface area (Å²) in [5, 5.41) is 13.2. The van der Waals surface area contributed by atoms with Crippen LogP contribution < -0.4 is 10.6 Å². The Balaban J connectivity index is 2.63. The Hall–Kier alpha value is -1.66. The summed E-state index contributed by atoms with van der Waals surface area (Å²) in [5.74, 6) is 0.434. The van der Waals surface area contributed by atoms with Crippen LogP contribution in [-0.2, 0) is 10.8 Å². The normalized spacial score (nSPS) is 13.2. The van der Waals surface area contributed by atoms with Crippen LogP contribution >= 0.6 is 8.58 Å². The molecule has 26 heavy (non-hydrogen) atoms. The SMILES string of the molecule is C/N=C/c1cc(C)ccc1Pc1cc(C(C)(C)C)cc(C(C)(C)C)c1O. The molecule has 140 valence electrons. The Labute approximate surface area is 160 Å². The second-order valence-corrected chi connectivity index (χ2v) is 10.4. The highest BCUT2D eigenvalue weighted by Gasteiger charge is 2.25. The Kier molecular flexibility index (Phi) is 5.98. The fourth-order valence-corrected chi connectivity index (χ4v) is 4.14. The van der Waals surface area contributed by atoms with Crippen LogP contribution in [0, 0.1) is 6.92 Å². The number of hydrogen-bond donors (Lipinski definition) is 1. The summed E-state index contributed by atoms with van der Waals surface area (Å²) < 4.78 is 0. The number of aromatic hydroxyl groups is 1. The van der Waals surface area contributed by atoms with Gasteiger partial charge in [-0.05, 0) is 40.8 Å². The predicted molar refractivity (Wildman–Crippen MR) is 118 cm³/mol. The average Bonchev–Trinajstić information content (AvgIpc) is 2.49. The van der Waals surface area contributed by atoms with Gasteiger partial charge in [0.15, 0.2) is 0 Å². The monoisotopic (exact) mass is 369 g/mol. The van der Waals surface area contributed by atoms with E-state index in [-0.39, 0.29) is 10.8 Å². The van der Waals surface area contributed by atoms with Gasteiger partial charge in [-0.3, -0.25) is 4.99 Å². The molecule has 0 aliphatic rings. The lowest BCUT2D eigenvalue weighted by Gasteiger charge is -2.27. The molecule has 0 aromatic heterocycles. The van der Waals surface area contributed by atoms with Crippen molar-refractivity contribution in [2.45, 2.75) is 59.3 Å². The van der Waals surface area contributed by atoms with Crippen molar-refractivity contribution in [3.05, 3.63) is 52.6 Å². The third-order valence-electron chi connectivity index (χ3n) is 4.53. The maximum absolute atomic E-state index is 11.0. The van der Waals surface area contributed by atoms with Gasteiger partial charge in [0.25, 0.3) is 0 Å². The molecule has 0 bridgehead atoms. The van der Waals surface area contributed by atoms with E-state index in [9.17, 15) is 5.11 Å². The van der Waals surface area contributed by atoms with Crippen LogP contribution in [0.1, 0.15) is 63.8 Å². The van der Waals surface area contributed by atoms with E-state index in [0.717, 1.165) is 16.4 Å². The minimum atomic E-state index is -0.106. The fourth-order valence-electron chi connectivity index (χ4n) is 2.92. The first-order valence-electron chi connectivity index (χ1n) is 9.11. The molecule has 0 fully saturated rings. The molecule has 0 heterocycles.